The Morgan fingerprint density at radius 2 is 0.829 bits per heavy atom. The van der Waals surface area contributed by atoms with Crippen molar-refractivity contribution in [1.82, 2.24) is 4.57 Å². The SMILES string of the molecule is c1ccc(-n2c3ccccc3c3cc(N(c4ccc(-c5cccc([Si]6(c7ccccc7)c7ccccc7-c7ccccc76)c5)cc4)c4cccc5c4-c4ccccc4C54c5ccccc5-c5ccccc54)ccc32)cc1. The fourth-order valence-corrected chi connectivity index (χ4v) is 19.4. The zero-order valence-corrected chi connectivity index (χ0v) is 42.6. The van der Waals surface area contributed by atoms with E-state index >= 15 is 0 Å². The van der Waals surface area contributed by atoms with Crippen LogP contribution in [0.5, 0.6) is 0 Å². The van der Waals surface area contributed by atoms with Gasteiger partial charge in [-0.3, -0.25) is 0 Å². The lowest BCUT2D eigenvalue weighted by molar-refractivity contribution is 0.794. The summed E-state index contributed by atoms with van der Waals surface area (Å²) in [5.74, 6) is 0. The molecule has 1 spiro atoms. The number of anilines is 3. The van der Waals surface area contributed by atoms with E-state index in [1.807, 2.05) is 0 Å². The molecule has 3 aliphatic rings. The third-order valence-electron chi connectivity index (χ3n) is 17.1. The molecule has 0 saturated carbocycles. The van der Waals surface area contributed by atoms with E-state index in [1.165, 1.54) is 109 Å². The minimum absolute atomic E-state index is 0.469. The molecule has 0 bridgehead atoms. The Balaban J connectivity index is 0.906. The first-order chi connectivity index (χ1) is 37.7. The quantitative estimate of drug-likeness (QED) is 0.145. The zero-order valence-electron chi connectivity index (χ0n) is 41.6. The first-order valence-corrected chi connectivity index (χ1v) is 28.5. The predicted octanol–water partition coefficient (Wildman–Crippen LogP) is 15.6. The van der Waals surface area contributed by atoms with E-state index in [0.29, 0.717) is 0 Å². The molecule has 0 N–H and O–H groups in total. The maximum absolute atomic E-state index is 2.68. The molecule has 0 unspecified atom stereocenters. The molecule has 0 atom stereocenters. The fourth-order valence-electron chi connectivity index (χ4n) is 14.1. The van der Waals surface area contributed by atoms with Crippen LogP contribution in [-0.4, -0.2) is 12.6 Å². The largest absolute Gasteiger partial charge is 0.310 e. The topological polar surface area (TPSA) is 8.17 Å². The summed E-state index contributed by atoms with van der Waals surface area (Å²) in [4.78, 5) is 2.53. The van der Waals surface area contributed by atoms with Crippen molar-refractivity contribution in [3.63, 3.8) is 0 Å². The second-order valence-electron chi connectivity index (χ2n) is 20.6. The van der Waals surface area contributed by atoms with Crippen LogP contribution in [0.4, 0.5) is 17.1 Å². The van der Waals surface area contributed by atoms with Crippen molar-refractivity contribution in [3.8, 4) is 50.2 Å². The molecule has 0 saturated heterocycles. The van der Waals surface area contributed by atoms with Gasteiger partial charge in [0.05, 0.1) is 22.1 Å². The highest BCUT2D eigenvalue weighted by atomic mass is 28.3. The Kier molecular flexibility index (Phi) is 9.31. The van der Waals surface area contributed by atoms with Gasteiger partial charge in [-0.2, -0.15) is 0 Å². The van der Waals surface area contributed by atoms with Gasteiger partial charge in [0, 0.05) is 33.4 Å². The molecule has 2 heterocycles. The van der Waals surface area contributed by atoms with Gasteiger partial charge in [-0.25, -0.2) is 0 Å². The predicted molar refractivity (Wildman–Crippen MR) is 320 cm³/mol. The second kappa shape index (κ2) is 16.5. The van der Waals surface area contributed by atoms with Gasteiger partial charge in [-0.1, -0.05) is 237 Å². The normalized spacial score (nSPS) is 13.7. The molecule has 1 aromatic heterocycles. The number of aromatic nitrogens is 1. The van der Waals surface area contributed by atoms with Crippen LogP contribution in [-0.2, 0) is 5.41 Å². The van der Waals surface area contributed by atoms with Gasteiger partial charge in [-0.05, 0) is 137 Å². The van der Waals surface area contributed by atoms with Gasteiger partial charge in [0.25, 0.3) is 0 Å². The van der Waals surface area contributed by atoms with Crippen LogP contribution in [0.25, 0.3) is 72.0 Å². The van der Waals surface area contributed by atoms with E-state index in [-0.39, 0.29) is 0 Å². The Hall–Kier alpha value is -9.54. The van der Waals surface area contributed by atoms with Gasteiger partial charge in [0.2, 0.25) is 0 Å². The van der Waals surface area contributed by atoms with Crippen molar-refractivity contribution < 1.29 is 0 Å². The summed E-state index contributed by atoms with van der Waals surface area (Å²) in [5, 5.41) is 8.15. The van der Waals surface area contributed by atoms with Crippen molar-refractivity contribution in [2.45, 2.75) is 5.41 Å². The van der Waals surface area contributed by atoms with Crippen LogP contribution >= 0.6 is 0 Å². The molecule has 12 aromatic carbocycles. The number of rotatable bonds is 7. The fraction of sp³-hybridized carbons (Fsp3) is 0.0137. The molecule has 354 valence electrons. The van der Waals surface area contributed by atoms with Crippen LogP contribution < -0.4 is 25.6 Å². The maximum Gasteiger partial charge on any atom is 0.180 e. The lowest BCUT2D eigenvalue weighted by Gasteiger charge is -2.32. The van der Waals surface area contributed by atoms with E-state index in [9.17, 15) is 0 Å². The molecule has 3 heteroatoms. The van der Waals surface area contributed by atoms with Crippen LogP contribution in [0, 0.1) is 0 Å². The first-order valence-electron chi connectivity index (χ1n) is 26.5. The molecule has 76 heavy (non-hydrogen) atoms. The van der Waals surface area contributed by atoms with Gasteiger partial charge in [0.1, 0.15) is 0 Å². The molecule has 0 radical (unpaired) electrons. The lowest BCUT2D eigenvalue weighted by Crippen LogP contribution is -2.72. The lowest BCUT2D eigenvalue weighted by atomic mass is 9.70. The highest BCUT2D eigenvalue weighted by Gasteiger charge is 2.53. The summed E-state index contributed by atoms with van der Waals surface area (Å²) >= 11 is 0. The van der Waals surface area contributed by atoms with E-state index < -0.39 is 13.5 Å². The van der Waals surface area contributed by atoms with Crippen LogP contribution in [0.2, 0.25) is 0 Å². The summed E-state index contributed by atoms with van der Waals surface area (Å²) < 4.78 is 2.41. The summed E-state index contributed by atoms with van der Waals surface area (Å²) in [5.41, 5.74) is 22.0. The van der Waals surface area contributed by atoms with E-state index in [0.717, 1.165) is 22.7 Å². The monoisotopic (exact) mass is 980 g/mol. The molecular weight excluding hydrogens is 933 g/mol. The number of benzene rings is 12. The van der Waals surface area contributed by atoms with Crippen molar-refractivity contribution in [1.29, 1.82) is 0 Å². The Morgan fingerprint density at radius 3 is 1.53 bits per heavy atom. The van der Waals surface area contributed by atoms with Crippen molar-refractivity contribution in [2.75, 3.05) is 4.90 Å². The van der Waals surface area contributed by atoms with Gasteiger partial charge >= 0.3 is 0 Å². The van der Waals surface area contributed by atoms with Gasteiger partial charge in [0.15, 0.2) is 8.07 Å². The molecule has 16 rings (SSSR count). The molecule has 0 fully saturated rings. The first kappa shape index (κ1) is 42.9. The third-order valence-corrected chi connectivity index (χ3v) is 21.9. The number of nitrogens with zero attached hydrogens (tertiary/aromatic N) is 2. The average Bonchev–Trinajstić information content (AvgIpc) is 4.38. The van der Waals surface area contributed by atoms with E-state index in [2.05, 4.69) is 301 Å². The van der Waals surface area contributed by atoms with Crippen molar-refractivity contribution in [3.05, 3.63) is 313 Å². The zero-order chi connectivity index (χ0) is 50.0. The molecule has 13 aromatic rings. The van der Waals surface area contributed by atoms with Crippen LogP contribution in [0.1, 0.15) is 22.3 Å². The van der Waals surface area contributed by atoms with Crippen molar-refractivity contribution in [2.24, 2.45) is 0 Å². The number of hydrogen-bond donors (Lipinski definition) is 0. The molecule has 2 nitrogen and oxygen atoms in total. The molecule has 1 aliphatic heterocycles. The highest BCUT2D eigenvalue weighted by Crippen LogP contribution is 2.64. The molecule has 0 amide bonds. The summed E-state index contributed by atoms with van der Waals surface area (Å²) in [6.07, 6.45) is 0. The Bertz CT molecular complexity index is 4380. The Labute approximate surface area is 443 Å². The summed E-state index contributed by atoms with van der Waals surface area (Å²) in [6, 6.07) is 110. The van der Waals surface area contributed by atoms with Crippen LogP contribution in [0.15, 0.2) is 291 Å². The van der Waals surface area contributed by atoms with E-state index in [1.54, 1.807) is 0 Å². The number of para-hydroxylation sites is 2. The minimum Gasteiger partial charge on any atom is -0.310 e. The maximum atomic E-state index is 2.53. The number of hydrogen-bond acceptors (Lipinski definition) is 1. The summed E-state index contributed by atoms with van der Waals surface area (Å²) in [6.45, 7) is 0. The standard InChI is InChI=1S/C73H48N2Si/c1-3-22-51(23-4-1)75-67-37-16-10-29-58(67)62-48-53(45-46-68(62)75)74(69-38-20-36-66-72(69)61-32-9-15-35-65(61)73(66)63-33-13-7-27-56(63)57-28-8-14-34-64(57)73)52-43-41-49(42-44-52)50-21-19-26-55(47-50)76(54-24-5-2-6-25-54)70-39-17-11-30-59(70)60-31-12-18-40-71(60)76/h1-48H. The van der Waals surface area contributed by atoms with Gasteiger partial charge < -0.3 is 9.47 Å². The second-order valence-corrected chi connectivity index (χ2v) is 24.4. The smallest absolute Gasteiger partial charge is 0.180 e. The van der Waals surface area contributed by atoms with E-state index in [4.69, 9.17) is 0 Å². The summed E-state index contributed by atoms with van der Waals surface area (Å²) in [7, 11) is -2.68. The number of fused-ring (bicyclic) bond motifs is 16. The van der Waals surface area contributed by atoms with Crippen molar-refractivity contribution >= 4 is 67.7 Å². The molecular formula is C73H48N2Si. The minimum atomic E-state index is -2.68. The molecule has 2 aliphatic carbocycles. The Morgan fingerprint density at radius 1 is 0.316 bits per heavy atom. The van der Waals surface area contributed by atoms with Crippen LogP contribution in [0.3, 0.4) is 0 Å². The van der Waals surface area contributed by atoms with Gasteiger partial charge in [-0.15, -0.1) is 0 Å². The third kappa shape index (κ3) is 5.80. The highest BCUT2D eigenvalue weighted by molar-refractivity contribution is 7.22. The average molecular weight is 981 g/mol.